The van der Waals surface area contributed by atoms with E-state index in [4.69, 9.17) is 0 Å². The van der Waals surface area contributed by atoms with Crippen LogP contribution in [0.25, 0.3) is 0 Å². The number of fused-ring (bicyclic) bond motifs is 5. The number of hydrogen-bond donors (Lipinski definition) is 1. The van der Waals surface area contributed by atoms with E-state index in [1.54, 1.807) is 18.2 Å². The lowest BCUT2D eigenvalue weighted by atomic mass is 9.51. The van der Waals surface area contributed by atoms with Crippen LogP contribution in [0.1, 0.15) is 85.0 Å². The number of allylic oxidation sites excluding steroid dienone is 1. The number of aliphatic hydroxyl groups is 1. The Labute approximate surface area is 226 Å². The molecule has 7 heteroatoms. The minimum atomic E-state index is -4.42. The molecule has 0 bridgehead atoms. The van der Waals surface area contributed by atoms with Crippen LogP contribution in [0.3, 0.4) is 0 Å². The lowest BCUT2D eigenvalue weighted by molar-refractivity contribution is -0.171. The third kappa shape index (κ3) is 5.11. The van der Waals surface area contributed by atoms with Crippen LogP contribution >= 0.6 is 0 Å². The van der Waals surface area contributed by atoms with Crippen molar-refractivity contribution in [2.45, 2.75) is 107 Å². The Morgan fingerprint density at radius 2 is 1.74 bits per heavy atom. The molecule has 1 N–H and O–H groups in total. The Morgan fingerprint density at radius 3 is 2.42 bits per heavy atom. The van der Waals surface area contributed by atoms with E-state index in [0.717, 1.165) is 58.3 Å². The van der Waals surface area contributed by atoms with Gasteiger partial charge in [-0.25, -0.2) is 8.42 Å². The zero-order valence-corrected chi connectivity index (χ0v) is 23.7. The van der Waals surface area contributed by atoms with Crippen LogP contribution in [0, 0.1) is 40.9 Å². The van der Waals surface area contributed by atoms with Crippen molar-refractivity contribution >= 4 is 9.84 Å². The van der Waals surface area contributed by atoms with E-state index in [1.165, 1.54) is 17.7 Å². The Hall–Kier alpha value is -1.34. The van der Waals surface area contributed by atoms with Crippen LogP contribution in [0.15, 0.2) is 46.9 Å². The van der Waals surface area contributed by atoms with Crippen molar-refractivity contribution < 1.29 is 26.7 Å². The Morgan fingerprint density at radius 1 is 1.03 bits per heavy atom. The highest BCUT2D eigenvalue weighted by molar-refractivity contribution is 7.92. The van der Waals surface area contributed by atoms with E-state index >= 15 is 0 Å². The summed E-state index contributed by atoms with van der Waals surface area (Å²) in [4.78, 5) is 0.126. The van der Waals surface area contributed by atoms with E-state index in [9.17, 15) is 26.7 Å². The monoisotopic (exact) mass is 552 g/mol. The maximum Gasteiger partial charge on any atom is 0.391 e. The molecule has 0 radical (unpaired) electrons. The van der Waals surface area contributed by atoms with E-state index in [-0.39, 0.29) is 16.2 Å². The van der Waals surface area contributed by atoms with Crippen molar-refractivity contribution in [3.05, 3.63) is 42.0 Å². The molecule has 1 aromatic rings. The van der Waals surface area contributed by atoms with Crippen LogP contribution in [-0.4, -0.2) is 30.6 Å². The number of rotatable bonds is 6. The van der Waals surface area contributed by atoms with Gasteiger partial charge in [-0.05, 0) is 118 Å². The van der Waals surface area contributed by atoms with Gasteiger partial charge in [0.25, 0.3) is 0 Å². The van der Waals surface area contributed by atoms with Gasteiger partial charge in [0.1, 0.15) is 0 Å². The fraction of sp³-hybridized carbons (Fsp3) is 0.742. The molecule has 0 aromatic heterocycles. The second-order valence-corrected chi connectivity index (χ2v) is 15.7. The maximum atomic E-state index is 13.7. The Bertz CT molecular complexity index is 1140. The molecule has 0 amide bonds. The molecule has 0 spiro atoms. The first-order valence-corrected chi connectivity index (χ1v) is 16.0. The first kappa shape index (κ1) is 28.2. The van der Waals surface area contributed by atoms with Crippen molar-refractivity contribution in [1.29, 1.82) is 0 Å². The van der Waals surface area contributed by atoms with E-state index in [2.05, 4.69) is 13.0 Å². The topological polar surface area (TPSA) is 54.4 Å². The molecule has 0 aliphatic heterocycles. The van der Waals surface area contributed by atoms with E-state index < -0.39 is 39.2 Å². The minimum Gasteiger partial charge on any atom is -0.390 e. The molecule has 3 fully saturated rings. The second-order valence-electron chi connectivity index (χ2n) is 13.5. The van der Waals surface area contributed by atoms with Gasteiger partial charge in [-0.2, -0.15) is 13.2 Å². The summed E-state index contributed by atoms with van der Waals surface area (Å²) in [5.41, 5.74) is 0.776. The predicted octanol–water partition coefficient (Wildman–Crippen LogP) is 7.75. The third-order valence-electron chi connectivity index (χ3n) is 11.1. The molecule has 212 valence electrons. The SMILES string of the molecule is CC(CC(CC1CCC2C3CC=C4C[C@@](C)(O)CCC4C3CCC12C)S(=O)(=O)c1ccccc1)C(F)(F)F. The lowest BCUT2D eigenvalue weighted by Crippen LogP contribution is -2.47. The fourth-order valence-corrected chi connectivity index (χ4v) is 10.9. The molecule has 9 atom stereocenters. The smallest absolute Gasteiger partial charge is 0.390 e. The van der Waals surface area contributed by atoms with Crippen molar-refractivity contribution in [2.24, 2.45) is 40.9 Å². The molecule has 1 aromatic carbocycles. The standard InChI is InChI=1S/C31H43F3O3S/c1-20(31(32,33)34)17-24(38(36,37)23-7-5-4-6-8-23)18-22-10-12-28-27-11-9-21-19-29(2,35)15-13-25(21)26(27)14-16-30(22,28)3/h4-9,20,22,24-28,35H,10-19H2,1-3H3/t20?,22?,24?,25?,26?,27?,28?,29-,30?/m0/s1. The normalized spacial score (nSPS) is 38.9. The molecule has 3 saturated carbocycles. The van der Waals surface area contributed by atoms with E-state index in [1.807, 2.05) is 6.92 Å². The van der Waals surface area contributed by atoms with Crippen molar-refractivity contribution in [2.75, 3.05) is 0 Å². The minimum absolute atomic E-state index is 0.0431. The van der Waals surface area contributed by atoms with Gasteiger partial charge >= 0.3 is 6.18 Å². The highest BCUT2D eigenvalue weighted by Gasteiger charge is 2.57. The van der Waals surface area contributed by atoms with Gasteiger partial charge in [0.15, 0.2) is 9.84 Å². The second kappa shape index (κ2) is 9.94. The average molecular weight is 553 g/mol. The quantitative estimate of drug-likeness (QED) is 0.367. The molecule has 3 nitrogen and oxygen atoms in total. The predicted molar refractivity (Wildman–Crippen MR) is 143 cm³/mol. The molecular weight excluding hydrogens is 509 g/mol. The molecule has 8 unspecified atom stereocenters. The van der Waals surface area contributed by atoms with Gasteiger partial charge in [-0.15, -0.1) is 0 Å². The largest absolute Gasteiger partial charge is 0.391 e. The number of halogens is 3. The summed E-state index contributed by atoms with van der Waals surface area (Å²) < 4.78 is 68.2. The van der Waals surface area contributed by atoms with Crippen LogP contribution in [-0.2, 0) is 9.84 Å². The molecule has 5 rings (SSSR count). The fourth-order valence-electron chi connectivity index (χ4n) is 8.96. The zero-order chi connectivity index (χ0) is 27.5. The van der Waals surface area contributed by atoms with Gasteiger partial charge in [0.05, 0.1) is 21.7 Å². The first-order valence-electron chi connectivity index (χ1n) is 14.5. The molecule has 4 aliphatic rings. The van der Waals surface area contributed by atoms with Crippen LogP contribution in [0.2, 0.25) is 0 Å². The molecular formula is C31H43F3O3S. The summed E-state index contributed by atoms with van der Waals surface area (Å²) in [7, 11) is -3.89. The average Bonchev–Trinajstić information content (AvgIpc) is 3.18. The van der Waals surface area contributed by atoms with Crippen molar-refractivity contribution in [3.8, 4) is 0 Å². The van der Waals surface area contributed by atoms with Crippen LogP contribution in [0.5, 0.6) is 0 Å². The van der Waals surface area contributed by atoms with Crippen LogP contribution in [0.4, 0.5) is 13.2 Å². The van der Waals surface area contributed by atoms with Gasteiger partial charge in [0.2, 0.25) is 0 Å². The highest BCUT2D eigenvalue weighted by atomic mass is 32.2. The third-order valence-corrected chi connectivity index (χ3v) is 13.3. The first-order chi connectivity index (χ1) is 17.7. The van der Waals surface area contributed by atoms with Gasteiger partial charge in [0, 0.05) is 0 Å². The number of hydrogen-bond acceptors (Lipinski definition) is 3. The summed E-state index contributed by atoms with van der Waals surface area (Å²) >= 11 is 0. The molecule has 0 heterocycles. The summed E-state index contributed by atoms with van der Waals surface area (Å²) in [5, 5.41) is 9.58. The lowest BCUT2D eigenvalue weighted by Gasteiger charge is -2.54. The molecule has 4 aliphatic carbocycles. The Kier molecular flexibility index (Phi) is 7.37. The summed E-state index contributed by atoms with van der Waals surface area (Å²) in [6, 6.07) is 8.03. The van der Waals surface area contributed by atoms with E-state index in [0.29, 0.717) is 30.1 Å². The van der Waals surface area contributed by atoms with Gasteiger partial charge in [-0.1, -0.05) is 43.7 Å². The summed E-state index contributed by atoms with van der Waals surface area (Å²) in [5.74, 6) is 0.612. The van der Waals surface area contributed by atoms with Gasteiger partial charge in [-0.3, -0.25) is 0 Å². The summed E-state index contributed by atoms with van der Waals surface area (Å²) in [6.07, 6.45) is 5.53. The highest BCUT2D eigenvalue weighted by Crippen LogP contribution is 2.64. The van der Waals surface area contributed by atoms with Gasteiger partial charge < -0.3 is 5.11 Å². The van der Waals surface area contributed by atoms with Crippen molar-refractivity contribution in [3.63, 3.8) is 0 Å². The van der Waals surface area contributed by atoms with Crippen molar-refractivity contribution in [1.82, 2.24) is 0 Å². The zero-order valence-electron chi connectivity index (χ0n) is 22.9. The van der Waals surface area contributed by atoms with Crippen LogP contribution < -0.4 is 0 Å². The number of sulfone groups is 1. The maximum absolute atomic E-state index is 13.7. The molecule has 0 saturated heterocycles. The number of benzene rings is 1. The number of alkyl halides is 3. The molecule has 38 heavy (non-hydrogen) atoms. The summed E-state index contributed by atoms with van der Waals surface area (Å²) in [6.45, 7) is 5.36. The Balaban J connectivity index is 1.39.